The van der Waals surface area contributed by atoms with E-state index in [4.69, 9.17) is 4.52 Å². The summed E-state index contributed by atoms with van der Waals surface area (Å²) in [5.41, 5.74) is 0. The van der Waals surface area contributed by atoms with Crippen LogP contribution >= 0.6 is 11.8 Å². The van der Waals surface area contributed by atoms with Gasteiger partial charge in [0.1, 0.15) is 0 Å². The van der Waals surface area contributed by atoms with Crippen LogP contribution in [-0.2, 0) is 6.54 Å². The Balaban J connectivity index is 1.60. The van der Waals surface area contributed by atoms with Crippen molar-refractivity contribution >= 4 is 17.7 Å². The van der Waals surface area contributed by atoms with Crippen LogP contribution in [0.15, 0.2) is 9.52 Å². The number of nitrogens with one attached hydrogen (secondary N) is 1. The molecule has 1 saturated heterocycles. The van der Waals surface area contributed by atoms with Crippen LogP contribution in [0.1, 0.15) is 43.8 Å². The minimum atomic E-state index is 0.440. The monoisotopic (exact) mass is 323 g/mol. The summed E-state index contributed by atoms with van der Waals surface area (Å²) in [7, 11) is 1.84. The van der Waals surface area contributed by atoms with E-state index in [1.54, 1.807) is 0 Å². The Morgan fingerprint density at radius 2 is 2.23 bits per heavy atom. The zero-order valence-corrected chi connectivity index (χ0v) is 14.3. The number of nitrogens with zero attached hydrogens (tertiary/aromatic N) is 4. The van der Waals surface area contributed by atoms with E-state index < -0.39 is 0 Å². The van der Waals surface area contributed by atoms with Crippen molar-refractivity contribution in [3.8, 4) is 0 Å². The molecule has 7 heteroatoms. The number of aromatic nitrogens is 2. The predicted octanol–water partition coefficient (Wildman–Crippen LogP) is 2.21. The maximum absolute atomic E-state index is 5.16. The van der Waals surface area contributed by atoms with Gasteiger partial charge in [-0.15, -0.1) is 0 Å². The van der Waals surface area contributed by atoms with E-state index in [-0.39, 0.29) is 0 Å². The van der Waals surface area contributed by atoms with Gasteiger partial charge in [-0.2, -0.15) is 16.7 Å². The van der Waals surface area contributed by atoms with Crippen molar-refractivity contribution in [1.29, 1.82) is 0 Å². The van der Waals surface area contributed by atoms with Crippen molar-refractivity contribution in [2.75, 3.05) is 25.9 Å². The zero-order valence-electron chi connectivity index (χ0n) is 13.5. The van der Waals surface area contributed by atoms with Crippen LogP contribution in [0, 0.1) is 6.92 Å². The fraction of sp³-hybridized carbons (Fsp3) is 0.800. The van der Waals surface area contributed by atoms with Gasteiger partial charge in [-0.3, -0.25) is 4.99 Å². The summed E-state index contributed by atoms with van der Waals surface area (Å²) >= 11 is 2.17. The van der Waals surface area contributed by atoms with Gasteiger partial charge in [0.05, 0.1) is 6.54 Å². The van der Waals surface area contributed by atoms with Crippen molar-refractivity contribution in [2.45, 2.75) is 50.3 Å². The third kappa shape index (κ3) is 3.56. The van der Waals surface area contributed by atoms with E-state index in [0.717, 1.165) is 19.0 Å². The van der Waals surface area contributed by atoms with Crippen molar-refractivity contribution < 1.29 is 4.52 Å². The number of hydrogen-bond donors (Lipinski definition) is 1. The van der Waals surface area contributed by atoms with E-state index in [9.17, 15) is 0 Å². The summed E-state index contributed by atoms with van der Waals surface area (Å²) < 4.78 is 5.59. The highest BCUT2D eigenvalue weighted by molar-refractivity contribution is 8.00. The molecule has 1 aliphatic heterocycles. The van der Waals surface area contributed by atoms with Crippen LogP contribution in [0.25, 0.3) is 0 Å². The smallest absolute Gasteiger partial charge is 0.246 e. The quantitative estimate of drug-likeness (QED) is 0.665. The summed E-state index contributed by atoms with van der Waals surface area (Å²) in [6.07, 6.45) is 6.82. The van der Waals surface area contributed by atoms with Gasteiger partial charge in [0.2, 0.25) is 5.89 Å². The molecular weight excluding hydrogens is 298 g/mol. The lowest BCUT2D eigenvalue weighted by atomic mass is 9.87. The summed E-state index contributed by atoms with van der Waals surface area (Å²) in [6.45, 7) is 4.51. The second kappa shape index (κ2) is 6.89. The number of guanidine groups is 1. The first-order valence-corrected chi connectivity index (χ1v) is 9.08. The van der Waals surface area contributed by atoms with E-state index >= 15 is 0 Å². The molecule has 0 radical (unpaired) electrons. The van der Waals surface area contributed by atoms with Crippen molar-refractivity contribution in [1.82, 2.24) is 20.4 Å². The van der Waals surface area contributed by atoms with Crippen LogP contribution in [0.3, 0.4) is 0 Å². The third-order valence-electron chi connectivity index (χ3n) is 4.49. The number of thioether (sulfide) groups is 1. The Hall–Kier alpha value is -1.24. The van der Waals surface area contributed by atoms with Crippen molar-refractivity contribution in [2.24, 2.45) is 4.99 Å². The van der Waals surface area contributed by atoms with Gasteiger partial charge in [0, 0.05) is 30.6 Å². The van der Waals surface area contributed by atoms with E-state index in [1.807, 2.05) is 14.0 Å². The third-order valence-corrected chi connectivity index (χ3v) is 6.03. The number of hydrogen-bond acceptors (Lipinski definition) is 5. The van der Waals surface area contributed by atoms with Crippen LogP contribution in [0.4, 0.5) is 0 Å². The molecule has 3 rings (SSSR count). The maximum Gasteiger partial charge on any atom is 0.246 e. The molecule has 2 heterocycles. The summed E-state index contributed by atoms with van der Waals surface area (Å²) in [5.74, 6) is 3.40. The van der Waals surface area contributed by atoms with E-state index in [2.05, 4.69) is 37.1 Å². The lowest BCUT2D eigenvalue weighted by Gasteiger charge is -2.45. The maximum atomic E-state index is 5.16. The highest BCUT2D eigenvalue weighted by atomic mass is 32.2. The molecule has 0 unspecified atom stereocenters. The minimum Gasteiger partial charge on any atom is -0.347 e. The Bertz CT molecular complexity index is 518. The van der Waals surface area contributed by atoms with Gasteiger partial charge in [0.25, 0.3) is 0 Å². The van der Waals surface area contributed by atoms with Gasteiger partial charge in [0.15, 0.2) is 11.8 Å². The number of rotatable bonds is 2. The van der Waals surface area contributed by atoms with Gasteiger partial charge >= 0.3 is 0 Å². The van der Waals surface area contributed by atoms with Crippen molar-refractivity contribution in [3.63, 3.8) is 0 Å². The Morgan fingerprint density at radius 1 is 1.41 bits per heavy atom. The summed E-state index contributed by atoms with van der Waals surface area (Å²) in [4.78, 5) is 11.1. The average molecular weight is 323 g/mol. The van der Waals surface area contributed by atoms with Crippen LogP contribution in [-0.4, -0.2) is 51.6 Å². The SMILES string of the molecule is CN=C(NCc1nc(C)no1)N1CCSC2(CCCCC2)C1. The lowest BCUT2D eigenvalue weighted by molar-refractivity contribution is 0.291. The average Bonchev–Trinajstić information content (AvgIpc) is 2.94. The van der Waals surface area contributed by atoms with Crippen molar-refractivity contribution in [3.05, 3.63) is 11.7 Å². The summed E-state index contributed by atoms with van der Waals surface area (Å²) in [5, 5.41) is 7.18. The second-order valence-corrected chi connectivity index (χ2v) is 7.71. The van der Waals surface area contributed by atoms with Crippen LogP contribution in [0.5, 0.6) is 0 Å². The Labute approximate surface area is 136 Å². The molecule has 1 spiro atoms. The fourth-order valence-corrected chi connectivity index (χ4v) is 4.99. The number of aryl methyl sites for hydroxylation is 1. The van der Waals surface area contributed by atoms with E-state index in [0.29, 0.717) is 23.0 Å². The molecule has 0 amide bonds. The molecule has 22 heavy (non-hydrogen) atoms. The predicted molar refractivity (Wildman–Crippen MR) is 89.1 cm³/mol. The molecule has 1 N–H and O–H groups in total. The molecule has 2 fully saturated rings. The minimum absolute atomic E-state index is 0.440. The molecule has 0 atom stereocenters. The highest BCUT2D eigenvalue weighted by Crippen LogP contribution is 2.42. The largest absolute Gasteiger partial charge is 0.347 e. The second-order valence-electron chi connectivity index (χ2n) is 6.15. The summed E-state index contributed by atoms with van der Waals surface area (Å²) in [6, 6.07) is 0. The topological polar surface area (TPSA) is 66.5 Å². The van der Waals surface area contributed by atoms with Crippen LogP contribution in [0.2, 0.25) is 0 Å². The zero-order chi connectivity index (χ0) is 15.4. The number of aliphatic imine (C=N–C) groups is 1. The molecule has 1 aliphatic carbocycles. The molecule has 6 nitrogen and oxygen atoms in total. The molecule has 0 aromatic carbocycles. The van der Waals surface area contributed by atoms with E-state index in [1.165, 1.54) is 37.9 Å². The molecule has 1 aromatic heterocycles. The molecule has 2 aliphatic rings. The van der Waals surface area contributed by atoms with Gasteiger partial charge in [-0.25, -0.2) is 0 Å². The molecular formula is C15H25N5OS. The fourth-order valence-electron chi connectivity index (χ4n) is 3.42. The first kappa shape index (κ1) is 15.6. The molecule has 1 saturated carbocycles. The van der Waals surface area contributed by atoms with Gasteiger partial charge in [-0.05, 0) is 19.8 Å². The van der Waals surface area contributed by atoms with Gasteiger partial charge < -0.3 is 14.7 Å². The first-order valence-electron chi connectivity index (χ1n) is 8.09. The lowest BCUT2D eigenvalue weighted by Crippen LogP contribution is -2.53. The molecule has 0 bridgehead atoms. The molecule has 1 aromatic rings. The normalized spacial score (nSPS) is 22.1. The first-order chi connectivity index (χ1) is 10.7. The van der Waals surface area contributed by atoms with Gasteiger partial charge in [-0.1, -0.05) is 24.4 Å². The van der Waals surface area contributed by atoms with Crippen LogP contribution < -0.4 is 5.32 Å². The highest BCUT2D eigenvalue weighted by Gasteiger charge is 2.38. The Kier molecular flexibility index (Phi) is 4.90. The standard InChI is InChI=1S/C15H25N5OS/c1-12-18-13(21-19-12)10-17-14(16-2)20-8-9-22-15(11-20)6-4-3-5-7-15/h3-11H2,1-2H3,(H,16,17). The molecule has 122 valence electrons. The Morgan fingerprint density at radius 3 is 2.91 bits per heavy atom.